The van der Waals surface area contributed by atoms with Gasteiger partial charge < -0.3 is 20.1 Å². The van der Waals surface area contributed by atoms with Gasteiger partial charge >= 0.3 is 6.01 Å². The smallest absolute Gasteiger partial charge is 0.319 e. The number of benzene rings is 3. The summed E-state index contributed by atoms with van der Waals surface area (Å²) in [5.41, 5.74) is -0.890. The van der Waals surface area contributed by atoms with Crippen LogP contribution in [-0.4, -0.2) is 76.6 Å². The highest BCUT2D eigenvalue weighted by Gasteiger charge is 2.49. The number of alkyl halides is 1. The summed E-state index contributed by atoms with van der Waals surface area (Å²) in [5.74, 6) is -2.97. The number of phenolic OH excluding ortho intramolecular Hbond substituents is 1. The van der Waals surface area contributed by atoms with Gasteiger partial charge in [-0.25, -0.2) is 17.6 Å². The Morgan fingerprint density at radius 2 is 1.84 bits per heavy atom. The number of nitrogens with zero attached hydrogens (tertiary/aromatic N) is 4. The number of aromatic nitrogens is 2. The van der Waals surface area contributed by atoms with Crippen molar-refractivity contribution in [2.45, 2.75) is 55.9 Å². The molecule has 2 N–H and O–H groups in total. The number of halogens is 5. The molecule has 0 radical (unpaired) electrons. The molecule has 4 saturated heterocycles. The Bertz CT molecular complexity index is 1820. The summed E-state index contributed by atoms with van der Waals surface area (Å²) < 4.78 is 66.9. The van der Waals surface area contributed by atoms with E-state index < -0.39 is 29.2 Å². The molecule has 5 heterocycles. The number of rotatable bonds is 5. The number of anilines is 1. The lowest BCUT2D eigenvalue weighted by Gasteiger charge is -2.34. The predicted octanol–water partition coefficient (Wildman–Crippen LogP) is 6.12. The third-order valence-electron chi connectivity index (χ3n) is 9.85. The largest absolute Gasteiger partial charge is 0.508 e. The highest BCUT2D eigenvalue weighted by atomic mass is 35.5. The number of phenols is 1. The molecule has 1 aromatic heterocycles. The Hall–Kier alpha value is -3.41. The monoisotopic (exact) mass is 627 g/mol. The Kier molecular flexibility index (Phi) is 6.59. The molecule has 12 heteroatoms. The van der Waals surface area contributed by atoms with E-state index in [0.717, 1.165) is 44.4 Å². The molecular formula is C32H30ClF4N5O2. The van der Waals surface area contributed by atoms with Crippen molar-refractivity contribution in [3.05, 3.63) is 52.8 Å². The Balaban J connectivity index is 1.29. The molecule has 4 fully saturated rings. The number of ether oxygens (including phenoxy) is 1. The maximum absolute atomic E-state index is 16.8. The van der Waals surface area contributed by atoms with Crippen LogP contribution in [0.3, 0.4) is 0 Å². The first-order valence-corrected chi connectivity index (χ1v) is 15.4. The van der Waals surface area contributed by atoms with E-state index in [4.69, 9.17) is 21.3 Å². The lowest BCUT2D eigenvalue weighted by Crippen LogP contribution is -2.51. The highest BCUT2D eigenvalue weighted by Crippen LogP contribution is 2.44. The van der Waals surface area contributed by atoms with Crippen LogP contribution in [0.4, 0.5) is 23.4 Å². The van der Waals surface area contributed by atoms with Gasteiger partial charge in [0.05, 0.1) is 10.6 Å². The number of nitrogens with one attached hydrogen (secondary N) is 1. The van der Waals surface area contributed by atoms with Crippen LogP contribution in [-0.2, 0) is 0 Å². The van der Waals surface area contributed by atoms with Gasteiger partial charge in [0.1, 0.15) is 29.9 Å². The second kappa shape index (κ2) is 10.3. The minimum absolute atomic E-state index is 0.0490. The van der Waals surface area contributed by atoms with E-state index >= 15 is 8.78 Å². The average molecular weight is 628 g/mol. The molecule has 4 aliphatic rings. The van der Waals surface area contributed by atoms with E-state index in [1.165, 1.54) is 18.2 Å². The highest BCUT2D eigenvalue weighted by molar-refractivity contribution is 6.35. The second-order valence-corrected chi connectivity index (χ2v) is 13.0. The van der Waals surface area contributed by atoms with E-state index in [1.807, 2.05) is 0 Å². The summed E-state index contributed by atoms with van der Waals surface area (Å²) >= 11 is 6.73. The SMILES string of the molecule is Oc1cc(-c2c(Cl)cc3c(N4CC5CCC(C4)N5)nc(OC[C@@]45CCCN4C[C@H](F)C5)nc3c2F)c2c(F)c(F)ccc2c1. The molecule has 230 valence electrons. The van der Waals surface area contributed by atoms with E-state index in [1.54, 1.807) is 0 Å². The van der Waals surface area contributed by atoms with Crippen LogP contribution in [0.1, 0.15) is 32.1 Å². The van der Waals surface area contributed by atoms with Gasteiger partial charge in [0.15, 0.2) is 17.5 Å². The first-order chi connectivity index (χ1) is 21.2. The van der Waals surface area contributed by atoms with E-state index in [2.05, 4.69) is 20.1 Å². The van der Waals surface area contributed by atoms with Crippen molar-refractivity contribution in [1.82, 2.24) is 20.2 Å². The standard InChI is InChI=1S/C32H30ClF4N5O2/c33-23-10-22-29(28(37)26(23)21-9-20(43)8-16-2-5-24(35)27(36)25(16)21)39-31(40-30(22)41-13-18-3-4-19(14-41)38-18)44-15-32-6-1-7-42(32)12-17(34)11-32/h2,5,8-10,17-19,38,43H,1,3-4,6-7,11-15H2/t17-,18?,19?,32+/m1/s1. The van der Waals surface area contributed by atoms with Gasteiger partial charge in [0.2, 0.25) is 0 Å². The summed E-state index contributed by atoms with van der Waals surface area (Å²) in [6.45, 7) is 2.61. The zero-order chi connectivity index (χ0) is 30.3. The van der Waals surface area contributed by atoms with E-state index in [0.29, 0.717) is 37.3 Å². The molecule has 2 bridgehead atoms. The number of fused-ring (bicyclic) bond motifs is 5. The topological polar surface area (TPSA) is 73.8 Å². The molecule has 4 atom stereocenters. The fourth-order valence-electron chi connectivity index (χ4n) is 7.91. The van der Waals surface area contributed by atoms with Gasteiger partial charge in [-0.3, -0.25) is 4.90 Å². The van der Waals surface area contributed by atoms with Gasteiger partial charge in [0.25, 0.3) is 0 Å². The molecule has 7 nitrogen and oxygen atoms in total. The van der Waals surface area contributed by atoms with Crippen LogP contribution >= 0.6 is 11.6 Å². The van der Waals surface area contributed by atoms with E-state index in [-0.39, 0.29) is 62.9 Å². The van der Waals surface area contributed by atoms with Crippen molar-refractivity contribution in [2.75, 3.05) is 37.7 Å². The first kappa shape index (κ1) is 28.1. The molecule has 0 saturated carbocycles. The van der Waals surface area contributed by atoms with Crippen molar-refractivity contribution in [3.8, 4) is 22.9 Å². The van der Waals surface area contributed by atoms with Crippen LogP contribution in [0.2, 0.25) is 5.02 Å². The third kappa shape index (κ3) is 4.46. The maximum Gasteiger partial charge on any atom is 0.319 e. The summed E-state index contributed by atoms with van der Waals surface area (Å²) in [6, 6.07) is 6.69. The molecule has 4 aliphatic heterocycles. The van der Waals surface area contributed by atoms with Crippen molar-refractivity contribution in [3.63, 3.8) is 0 Å². The third-order valence-corrected chi connectivity index (χ3v) is 10.1. The molecule has 3 aromatic carbocycles. The summed E-state index contributed by atoms with van der Waals surface area (Å²) in [5, 5.41) is 14.3. The number of hydrogen-bond acceptors (Lipinski definition) is 7. The molecule has 0 aliphatic carbocycles. The zero-order valence-corrected chi connectivity index (χ0v) is 24.5. The lowest BCUT2D eigenvalue weighted by molar-refractivity contribution is 0.107. The van der Waals surface area contributed by atoms with Gasteiger partial charge in [0, 0.05) is 60.0 Å². The summed E-state index contributed by atoms with van der Waals surface area (Å²) in [7, 11) is 0. The van der Waals surface area contributed by atoms with E-state index in [9.17, 15) is 13.9 Å². The normalized spacial score (nSPS) is 26.7. The molecule has 0 amide bonds. The van der Waals surface area contributed by atoms with Gasteiger partial charge in [-0.15, -0.1) is 0 Å². The maximum atomic E-state index is 16.8. The summed E-state index contributed by atoms with van der Waals surface area (Å²) in [6.07, 6.45) is 3.18. The number of hydrogen-bond donors (Lipinski definition) is 2. The second-order valence-electron chi connectivity index (χ2n) is 12.6. The van der Waals surface area contributed by atoms with Crippen molar-refractivity contribution in [2.24, 2.45) is 0 Å². The Morgan fingerprint density at radius 3 is 2.64 bits per heavy atom. The molecule has 0 spiro atoms. The van der Waals surface area contributed by atoms with Crippen molar-refractivity contribution < 1.29 is 27.4 Å². The Morgan fingerprint density at radius 1 is 1.05 bits per heavy atom. The number of piperazine rings is 1. The van der Waals surface area contributed by atoms with Crippen LogP contribution in [0.5, 0.6) is 11.8 Å². The van der Waals surface area contributed by atoms with Gasteiger partial charge in [-0.2, -0.15) is 9.97 Å². The average Bonchev–Trinajstić information content (AvgIpc) is 3.64. The fraction of sp³-hybridized carbons (Fsp3) is 0.438. The molecule has 4 aromatic rings. The van der Waals surface area contributed by atoms with Crippen LogP contribution < -0.4 is 15.0 Å². The molecule has 2 unspecified atom stereocenters. The minimum Gasteiger partial charge on any atom is -0.508 e. The fourth-order valence-corrected chi connectivity index (χ4v) is 8.20. The zero-order valence-electron chi connectivity index (χ0n) is 23.7. The quantitative estimate of drug-likeness (QED) is 0.258. The van der Waals surface area contributed by atoms with Gasteiger partial charge in [-0.05, 0) is 61.9 Å². The molecule has 44 heavy (non-hydrogen) atoms. The van der Waals surface area contributed by atoms with Crippen LogP contribution in [0.25, 0.3) is 32.8 Å². The number of aromatic hydroxyl groups is 1. The Labute approximate surface area is 255 Å². The van der Waals surface area contributed by atoms with Crippen molar-refractivity contribution in [1.29, 1.82) is 0 Å². The first-order valence-electron chi connectivity index (χ1n) is 15.0. The van der Waals surface area contributed by atoms with Gasteiger partial charge in [-0.1, -0.05) is 17.7 Å². The molecule has 8 rings (SSSR count). The minimum atomic E-state index is -1.18. The van der Waals surface area contributed by atoms with Crippen molar-refractivity contribution >= 4 is 39.1 Å². The predicted molar refractivity (Wildman–Crippen MR) is 160 cm³/mol. The lowest BCUT2D eigenvalue weighted by atomic mass is 9.95. The van der Waals surface area contributed by atoms with Crippen LogP contribution in [0.15, 0.2) is 30.3 Å². The summed E-state index contributed by atoms with van der Waals surface area (Å²) in [4.78, 5) is 13.5. The molecular weight excluding hydrogens is 598 g/mol. The van der Waals surface area contributed by atoms with Crippen LogP contribution in [0, 0.1) is 17.5 Å².